The maximum Gasteiger partial charge on any atom is 0.205 e. The fourth-order valence-electron chi connectivity index (χ4n) is 1.47. The first-order chi connectivity index (χ1) is 8.28. The molecule has 2 aromatic heterocycles. The van der Waals surface area contributed by atoms with Gasteiger partial charge in [0.2, 0.25) is 5.13 Å². The topological polar surface area (TPSA) is 53.9 Å². The Kier molecular flexibility index (Phi) is 4.00. The van der Waals surface area contributed by atoms with Crippen molar-refractivity contribution in [1.29, 1.82) is 0 Å². The summed E-state index contributed by atoms with van der Waals surface area (Å²) in [4.78, 5) is 6.46. The monoisotopic (exact) mass is 249 g/mol. The summed E-state index contributed by atoms with van der Waals surface area (Å²) in [6.07, 6.45) is 1.81. The summed E-state index contributed by atoms with van der Waals surface area (Å²) in [6.45, 7) is 1.60. The minimum Gasteiger partial charge on any atom is -0.363 e. The van der Waals surface area contributed by atoms with E-state index in [2.05, 4.69) is 32.4 Å². The van der Waals surface area contributed by atoms with E-state index in [1.165, 1.54) is 0 Å². The molecule has 0 fully saturated rings. The summed E-state index contributed by atoms with van der Waals surface area (Å²) < 4.78 is 0. The van der Waals surface area contributed by atoms with E-state index in [9.17, 15) is 0 Å². The van der Waals surface area contributed by atoms with Crippen molar-refractivity contribution >= 4 is 16.5 Å². The van der Waals surface area contributed by atoms with E-state index < -0.39 is 0 Å². The summed E-state index contributed by atoms with van der Waals surface area (Å²) in [6, 6.07) is 5.95. The average Bonchev–Trinajstić information content (AvgIpc) is 2.78. The molecule has 17 heavy (non-hydrogen) atoms. The second kappa shape index (κ2) is 5.70. The Balaban J connectivity index is 1.91. The second-order valence-corrected chi connectivity index (χ2v) is 4.81. The van der Waals surface area contributed by atoms with Crippen LogP contribution in [0.3, 0.4) is 0 Å². The zero-order valence-corrected chi connectivity index (χ0v) is 10.7. The van der Waals surface area contributed by atoms with Gasteiger partial charge in [0.25, 0.3) is 0 Å². The smallest absolute Gasteiger partial charge is 0.205 e. The van der Waals surface area contributed by atoms with Gasteiger partial charge in [-0.15, -0.1) is 10.2 Å². The quantitative estimate of drug-likeness (QED) is 0.872. The molecule has 0 atom stereocenters. The van der Waals surface area contributed by atoms with Gasteiger partial charge in [-0.1, -0.05) is 17.4 Å². The van der Waals surface area contributed by atoms with Gasteiger partial charge in [-0.05, 0) is 19.2 Å². The highest BCUT2D eigenvalue weighted by molar-refractivity contribution is 7.15. The molecule has 90 valence electrons. The molecular formula is C11H15N5S. The number of anilines is 1. The lowest BCUT2D eigenvalue weighted by atomic mass is 10.3. The third-order valence-corrected chi connectivity index (χ3v) is 3.17. The van der Waals surface area contributed by atoms with Gasteiger partial charge in [0.1, 0.15) is 5.01 Å². The molecule has 0 unspecified atom stereocenters. The Morgan fingerprint density at radius 3 is 2.82 bits per heavy atom. The maximum atomic E-state index is 4.30. The van der Waals surface area contributed by atoms with Gasteiger partial charge in [-0.25, -0.2) is 0 Å². The number of aromatic nitrogens is 3. The first kappa shape index (κ1) is 11.9. The van der Waals surface area contributed by atoms with Crippen LogP contribution >= 0.6 is 11.3 Å². The number of nitrogens with zero attached hydrogens (tertiary/aromatic N) is 4. The van der Waals surface area contributed by atoms with Gasteiger partial charge in [0.15, 0.2) is 0 Å². The van der Waals surface area contributed by atoms with Crippen LogP contribution in [0.4, 0.5) is 5.13 Å². The highest BCUT2D eigenvalue weighted by atomic mass is 32.1. The van der Waals surface area contributed by atoms with E-state index in [-0.39, 0.29) is 0 Å². The van der Waals surface area contributed by atoms with Crippen LogP contribution in [-0.2, 0) is 13.1 Å². The van der Waals surface area contributed by atoms with Crippen LogP contribution in [0, 0.1) is 0 Å². The summed E-state index contributed by atoms with van der Waals surface area (Å²) in [5, 5.41) is 13.0. The molecule has 0 bridgehead atoms. The standard InChI is InChI=1S/C11H15N5S/c1-12-11-15-14-10(17-11)8-16(2)7-9-5-3-4-6-13-9/h3-6H,7-8H2,1-2H3,(H,12,15). The Morgan fingerprint density at radius 2 is 2.18 bits per heavy atom. The Bertz CT molecular complexity index is 456. The lowest BCUT2D eigenvalue weighted by molar-refractivity contribution is 0.314. The van der Waals surface area contributed by atoms with E-state index in [4.69, 9.17) is 0 Å². The van der Waals surface area contributed by atoms with Gasteiger partial charge in [-0.2, -0.15) is 0 Å². The minimum absolute atomic E-state index is 0.788. The van der Waals surface area contributed by atoms with E-state index in [1.807, 2.05) is 31.4 Å². The first-order valence-electron chi connectivity index (χ1n) is 5.36. The lowest BCUT2D eigenvalue weighted by Gasteiger charge is -2.13. The third kappa shape index (κ3) is 3.47. The molecule has 2 rings (SSSR count). The molecule has 0 aliphatic carbocycles. The van der Waals surface area contributed by atoms with E-state index in [0.717, 1.165) is 28.9 Å². The van der Waals surface area contributed by atoms with Crippen molar-refractivity contribution in [3.63, 3.8) is 0 Å². The normalized spacial score (nSPS) is 10.8. The van der Waals surface area contributed by atoms with Crippen LogP contribution in [0.15, 0.2) is 24.4 Å². The molecule has 0 aliphatic rings. The molecule has 0 aliphatic heterocycles. The molecule has 2 aromatic rings. The predicted molar refractivity (Wildman–Crippen MR) is 68.9 cm³/mol. The Morgan fingerprint density at radius 1 is 1.29 bits per heavy atom. The van der Waals surface area contributed by atoms with Gasteiger partial charge >= 0.3 is 0 Å². The summed E-state index contributed by atoms with van der Waals surface area (Å²) in [7, 11) is 3.90. The molecule has 2 heterocycles. The van der Waals surface area contributed by atoms with Crippen molar-refractivity contribution in [3.8, 4) is 0 Å². The lowest BCUT2D eigenvalue weighted by Crippen LogP contribution is -2.17. The molecule has 0 aromatic carbocycles. The van der Waals surface area contributed by atoms with Gasteiger partial charge in [0.05, 0.1) is 12.2 Å². The Hall–Kier alpha value is -1.53. The highest BCUT2D eigenvalue weighted by Gasteiger charge is 2.07. The van der Waals surface area contributed by atoms with E-state index in [1.54, 1.807) is 11.3 Å². The summed E-state index contributed by atoms with van der Waals surface area (Å²) in [5.41, 5.74) is 1.06. The summed E-state index contributed by atoms with van der Waals surface area (Å²) >= 11 is 1.58. The molecule has 6 heteroatoms. The average molecular weight is 249 g/mol. The molecule has 0 saturated carbocycles. The number of rotatable bonds is 5. The van der Waals surface area contributed by atoms with Crippen molar-refractivity contribution in [2.24, 2.45) is 0 Å². The van der Waals surface area contributed by atoms with Gasteiger partial charge < -0.3 is 5.32 Å². The Labute approximate surface area is 105 Å². The van der Waals surface area contributed by atoms with Crippen molar-refractivity contribution in [2.45, 2.75) is 13.1 Å². The SMILES string of the molecule is CNc1nnc(CN(C)Cc2ccccn2)s1. The van der Waals surface area contributed by atoms with Gasteiger partial charge in [0, 0.05) is 19.8 Å². The fourth-order valence-corrected chi connectivity index (χ4v) is 2.25. The maximum absolute atomic E-state index is 4.30. The molecule has 0 radical (unpaired) electrons. The second-order valence-electron chi connectivity index (χ2n) is 3.74. The number of nitrogens with one attached hydrogen (secondary N) is 1. The van der Waals surface area contributed by atoms with Crippen LogP contribution in [-0.4, -0.2) is 34.2 Å². The zero-order valence-electron chi connectivity index (χ0n) is 9.92. The van der Waals surface area contributed by atoms with Crippen LogP contribution in [0.1, 0.15) is 10.7 Å². The van der Waals surface area contributed by atoms with E-state index >= 15 is 0 Å². The summed E-state index contributed by atoms with van der Waals surface area (Å²) in [5.74, 6) is 0. The molecule has 1 N–H and O–H groups in total. The molecule has 0 spiro atoms. The molecule has 0 amide bonds. The first-order valence-corrected chi connectivity index (χ1v) is 6.18. The zero-order chi connectivity index (χ0) is 12.1. The minimum atomic E-state index is 0.788. The van der Waals surface area contributed by atoms with Gasteiger partial charge in [-0.3, -0.25) is 9.88 Å². The third-order valence-electron chi connectivity index (χ3n) is 2.24. The fraction of sp³-hybridized carbons (Fsp3) is 0.364. The van der Waals surface area contributed by atoms with Crippen molar-refractivity contribution < 1.29 is 0 Å². The van der Waals surface area contributed by atoms with Crippen LogP contribution in [0.25, 0.3) is 0 Å². The molecule has 5 nitrogen and oxygen atoms in total. The van der Waals surface area contributed by atoms with Crippen molar-refractivity contribution in [1.82, 2.24) is 20.1 Å². The van der Waals surface area contributed by atoms with Crippen LogP contribution < -0.4 is 5.32 Å². The molecular weight excluding hydrogens is 234 g/mol. The predicted octanol–water partition coefficient (Wildman–Crippen LogP) is 1.61. The van der Waals surface area contributed by atoms with E-state index in [0.29, 0.717) is 0 Å². The van der Waals surface area contributed by atoms with Crippen LogP contribution in [0.2, 0.25) is 0 Å². The van der Waals surface area contributed by atoms with Crippen LogP contribution in [0.5, 0.6) is 0 Å². The number of hydrogen-bond acceptors (Lipinski definition) is 6. The largest absolute Gasteiger partial charge is 0.363 e. The number of pyridine rings is 1. The number of hydrogen-bond donors (Lipinski definition) is 1. The molecule has 0 saturated heterocycles. The van der Waals surface area contributed by atoms with Crippen molar-refractivity contribution in [3.05, 3.63) is 35.1 Å². The highest BCUT2D eigenvalue weighted by Crippen LogP contribution is 2.16. The van der Waals surface area contributed by atoms with Crippen molar-refractivity contribution in [2.75, 3.05) is 19.4 Å².